The van der Waals surface area contributed by atoms with Gasteiger partial charge in [-0.05, 0) is 58.0 Å². The highest BCUT2D eigenvalue weighted by atomic mass is 16.5. The molecular formula is C18H36N2O. The maximum atomic E-state index is 5.84. The van der Waals surface area contributed by atoms with Crippen LogP contribution in [0.4, 0.5) is 0 Å². The van der Waals surface area contributed by atoms with Crippen molar-refractivity contribution in [1.82, 2.24) is 10.2 Å². The number of rotatable bonds is 8. The van der Waals surface area contributed by atoms with Crippen LogP contribution >= 0.6 is 0 Å². The van der Waals surface area contributed by atoms with Gasteiger partial charge in [-0.3, -0.25) is 4.90 Å². The highest BCUT2D eigenvalue weighted by Gasteiger charge is 2.33. The van der Waals surface area contributed by atoms with E-state index in [0.717, 1.165) is 25.6 Å². The van der Waals surface area contributed by atoms with Gasteiger partial charge in [0, 0.05) is 25.2 Å². The third kappa shape index (κ3) is 5.22. The average Bonchev–Trinajstić information content (AvgIpc) is 2.99. The van der Waals surface area contributed by atoms with Gasteiger partial charge in [0.15, 0.2) is 0 Å². The summed E-state index contributed by atoms with van der Waals surface area (Å²) in [5, 5.41) is 3.81. The second kappa shape index (κ2) is 9.12. The van der Waals surface area contributed by atoms with E-state index in [2.05, 4.69) is 31.1 Å². The van der Waals surface area contributed by atoms with E-state index in [-0.39, 0.29) is 0 Å². The molecule has 0 spiro atoms. The molecule has 0 aromatic carbocycles. The lowest BCUT2D eigenvalue weighted by Crippen LogP contribution is -2.53. The van der Waals surface area contributed by atoms with E-state index < -0.39 is 0 Å². The predicted octanol–water partition coefficient (Wildman–Crippen LogP) is 3.43. The van der Waals surface area contributed by atoms with Gasteiger partial charge in [-0.2, -0.15) is 0 Å². The quantitative estimate of drug-likeness (QED) is 0.742. The Labute approximate surface area is 131 Å². The summed E-state index contributed by atoms with van der Waals surface area (Å²) in [5.74, 6) is 0.937. The summed E-state index contributed by atoms with van der Waals surface area (Å²) in [4.78, 5) is 2.60. The fourth-order valence-electron chi connectivity index (χ4n) is 4.20. The van der Waals surface area contributed by atoms with Crippen LogP contribution in [0.1, 0.15) is 65.2 Å². The van der Waals surface area contributed by atoms with Crippen molar-refractivity contribution in [3.8, 4) is 0 Å². The summed E-state index contributed by atoms with van der Waals surface area (Å²) in [7, 11) is 2.32. The molecule has 1 aliphatic heterocycles. The molecular weight excluding hydrogens is 260 g/mol. The van der Waals surface area contributed by atoms with Gasteiger partial charge in [-0.25, -0.2) is 0 Å². The van der Waals surface area contributed by atoms with Crippen LogP contribution in [-0.2, 0) is 4.74 Å². The normalized spacial score (nSPS) is 33.7. The molecule has 0 radical (unpaired) electrons. The van der Waals surface area contributed by atoms with E-state index in [1.54, 1.807) is 0 Å². The Morgan fingerprint density at radius 3 is 2.67 bits per heavy atom. The molecule has 21 heavy (non-hydrogen) atoms. The number of likely N-dealkylation sites (N-methyl/N-ethyl adjacent to an activating group) is 1. The van der Waals surface area contributed by atoms with Gasteiger partial charge >= 0.3 is 0 Å². The number of hydrogen-bond donors (Lipinski definition) is 1. The molecule has 0 bridgehead atoms. The van der Waals surface area contributed by atoms with Crippen LogP contribution in [0, 0.1) is 5.92 Å². The van der Waals surface area contributed by atoms with Gasteiger partial charge in [-0.1, -0.05) is 26.7 Å². The van der Waals surface area contributed by atoms with Crippen LogP contribution in [0.3, 0.4) is 0 Å². The van der Waals surface area contributed by atoms with Gasteiger partial charge in [0.2, 0.25) is 0 Å². The van der Waals surface area contributed by atoms with Crippen LogP contribution in [0.2, 0.25) is 0 Å². The van der Waals surface area contributed by atoms with E-state index in [9.17, 15) is 0 Å². The molecule has 3 nitrogen and oxygen atoms in total. The summed E-state index contributed by atoms with van der Waals surface area (Å²) >= 11 is 0. The van der Waals surface area contributed by atoms with Crippen LogP contribution < -0.4 is 5.32 Å². The molecule has 1 heterocycles. The third-order valence-electron chi connectivity index (χ3n) is 5.36. The molecule has 4 atom stereocenters. The lowest BCUT2D eigenvalue weighted by atomic mass is 9.79. The van der Waals surface area contributed by atoms with Crippen molar-refractivity contribution in [3.05, 3.63) is 0 Å². The van der Waals surface area contributed by atoms with E-state index in [1.165, 1.54) is 51.4 Å². The Morgan fingerprint density at radius 1 is 1.14 bits per heavy atom. The Morgan fingerprint density at radius 2 is 2.00 bits per heavy atom. The predicted molar refractivity (Wildman–Crippen MR) is 89.7 cm³/mol. The molecule has 2 fully saturated rings. The van der Waals surface area contributed by atoms with Gasteiger partial charge in [0.1, 0.15) is 0 Å². The fraction of sp³-hybridized carbons (Fsp3) is 1.00. The summed E-state index contributed by atoms with van der Waals surface area (Å²) in [5.41, 5.74) is 0. The molecule has 4 unspecified atom stereocenters. The van der Waals surface area contributed by atoms with Crippen molar-refractivity contribution >= 4 is 0 Å². The molecule has 2 aliphatic rings. The molecule has 0 aromatic rings. The number of ether oxygens (including phenoxy) is 1. The Kier molecular flexibility index (Phi) is 7.48. The summed E-state index contributed by atoms with van der Waals surface area (Å²) in [6.07, 6.45) is 11.1. The van der Waals surface area contributed by atoms with Gasteiger partial charge in [0.25, 0.3) is 0 Å². The fourth-order valence-corrected chi connectivity index (χ4v) is 4.20. The summed E-state index contributed by atoms with van der Waals surface area (Å²) < 4.78 is 5.84. The molecule has 1 saturated heterocycles. The summed E-state index contributed by atoms with van der Waals surface area (Å²) in [6.45, 7) is 7.84. The van der Waals surface area contributed by atoms with Crippen LogP contribution in [0.5, 0.6) is 0 Å². The van der Waals surface area contributed by atoms with Crippen molar-refractivity contribution in [2.75, 3.05) is 26.7 Å². The molecule has 0 aromatic heterocycles. The zero-order valence-electron chi connectivity index (χ0n) is 14.4. The lowest BCUT2D eigenvalue weighted by Gasteiger charge is -2.42. The topological polar surface area (TPSA) is 24.5 Å². The van der Waals surface area contributed by atoms with Crippen molar-refractivity contribution in [2.45, 2.75) is 83.4 Å². The Bertz CT molecular complexity index is 278. The Balaban J connectivity index is 1.90. The highest BCUT2D eigenvalue weighted by Crippen LogP contribution is 2.31. The van der Waals surface area contributed by atoms with Crippen molar-refractivity contribution in [3.63, 3.8) is 0 Å². The second-order valence-corrected chi connectivity index (χ2v) is 7.17. The largest absolute Gasteiger partial charge is 0.377 e. The molecule has 0 amide bonds. The zero-order chi connectivity index (χ0) is 15.1. The minimum Gasteiger partial charge on any atom is -0.377 e. The maximum absolute atomic E-state index is 5.84. The van der Waals surface area contributed by atoms with Crippen LogP contribution in [0.25, 0.3) is 0 Å². The zero-order valence-corrected chi connectivity index (χ0v) is 14.4. The molecule has 2 rings (SSSR count). The maximum Gasteiger partial charge on any atom is 0.0702 e. The smallest absolute Gasteiger partial charge is 0.0702 e. The Hall–Kier alpha value is -0.120. The number of nitrogens with one attached hydrogen (secondary N) is 1. The van der Waals surface area contributed by atoms with Gasteiger partial charge in [0.05, 0.1) is 6.10 Å². The summed E-state index contributed by atoms with van der Waals surface area (Å²) in [6, 6.07) is 1.38. The van der Waals surface area contributed by atoms with Gasteiger partial charge < -0.3 is 10.1 Å². The molecule has 1 aliphatic carbocycles. The van der Waals surface area contributed by atoms with Crippen molar-refractivity contribution in [1.29, 1.82) is 0 Å². The van der Waals surface area contributed by atoms with Crippen LogP contribution in [0.15, 0.2) is 0 Å². The van der Waals surface area contributed by atoms with Crippen molar-refractivity contribution < 1.29 is 4.74 Å². The van der Waals surface area contributed by atoms with Gasteiger partial charge in [-0.15, -0.1) is 0 Å². The van der Waals surface area contributed by atoms with E-state index in [0.29, 0.717) is 18.2 Å². The molecule has 3 heteroatoms. The molecule has 124 valence electrons. The number of nitrogens with zero attached hydrogens (tertiary/aromatic N) is 1. The lowest BCUT2D eigenvalue weighted by molar-refractivity contribution is 0.0437. The SMILES string of the molecule is CCCNC1CCC(CCC)CC1N(C)CC1CCCO1. The minimum absolute atomic E-state index is 0.480. The van der Waals surface area contributed by atoms with Crippen LogP contribution in [-0.4, -0.2) is 49.8 Å². The minimum atomic E-state index is 0.480. The first-order chi connectivity index (χ1) is 10.2. The second-order valence-electron chi connectivity index (χ2n) is 7.17. The van der Waals surface area contributed by atoms with E-state index in [4.69, 9.17) is 4.74 Å². The standard InChI is InChI=1S/C18H36N2O/c1-4-7-15-9-10-17(19-11-5-2)18(13-15)20(3)14-16-8-6-12-21-16/h15-19H,4-14H2,1-3H3. The first kappa shape index (κ1) is 17.2. The monoisotopic (exact) mass is 296 g/mol. The third-order valence-corrected chi connectivity index (χ3v) is 5.36. The van der Waals surface area contributed by atoms with Crippen molar-refractivity contribution in [2.24, 2.45) is 5.92 Å². The first-order valence-corrected chi connectivity index (χ1v) is 9.29. The van der Waals surface area contributed by atoms with E-state index in [1.807, 2.05) is 0 Å². The molecule has 1 N–H and O–H groups in total. The average molecular weight is 296 g/mol. The van der Waals surface area contributed by atoms with E-state index >= 15 is 0 Å². The highest BCUT2D eigenvalue weighted by molar-refractivity contribution is 4.91. The first-order valence-electron chi connectivity index (χ1n) is 9.29. The molecule has 1 saturated carbocycles. The number of hydrogen-bond acceptors (Lipinski definition) is 3.